The molecule has 0 saturated heterocycles. The van der Waals surface area contributed by atoms with Crippen molar-refractivity contribution in [1.29, 1.82) is 0 Å². The van der Waals surface area contributed by atoms with Crippen LogP contribution in [0.15, 0.2) is 30.3 Å². The summed E-state index contributed by atoms with van der Waals surface area (Å²) in [7, 11) is -3.16. The first-order valence-corrected chi connectivity index (χ1v) is 8.95. The average molecular weight is 299 g/mol. The summed E-state index contributed by atoms with van der Waals surface area (Å²) in [5.41, 5.74) is 6.83. The third-order valence-electron chi connectivity index (χ3n) is 3.17. The lowest BCUT2D eigenvalue weighted by Crippen LogP contribution is -2.40. The van der Waals surface area contributed by atoms with E-state index in [2.05, 4.69) is 6.92 Å². The fourth-order valence-corrected chi connectivity index (χ4v) is 4.47. The van der Waals surface area contributed by atoms with Gasteiger partial charge in [0.1, 0.15) is 0 Å². The molecule has 0 aromatic heterocycles. The Labute approximate surface area is 122 Å². The zero-order chi connectivity index (χ0) is 15.1. The Balaban J connectivity index is 3.04. The zero-order valence-electron chi connectivity index (χ0n) is 12.7. The maximum Gasteiger partial charge on any atom is 0.332 e. The molecule has 2 N–H and O–H groups in total. The third-order valence-corrected chi connectivity index (χ3v) is 5.43. The monoisotopic (exact) mass is 299 g/mol. The normalized spacial score (nSPS) is 15.0. The van der Waals surface area contributed by atoms with Gasteiger partial charge in [-0.05, 0) is 25.8 Å². The summed E-state index contributed by atoms with van der Waals surface area (Å²) in [5, 5.41) is 0. The molecule has 0 heterocycles. The molecule has 0 radical (unpaired) electrons. The van der Waals surface area contributed by atoms with Crippen LogP contribution < -0.4 is 5.73 Å². The van der Waals surface area contributed by atoms with E-state index in [0.29, 0.717) is 13.2 Å². The summed E-state index contributed by atoms with van der Waals surface area (Å²) in [6, 6.07) is 9.77. The smallest absolute Gasteiger partial charge is 0.321 e. The van der Waals surface area contributed by atoms with Crippen molar-refractivity contribution in [2.24, 2.45) is 5.73 Å². The van der Waals surface area contributed by atoms with E-state index in [1.54, 1.807) is 0 Å². The van der Waals surface area contributed by atoms with Crippen molar-refractivity contribution in [2.75, 3.05) is 19.4 Å². The minimum atomic E-state index is -3.16. The highest BCUT2D eigenvalue weighted by molar-refractivity contribution is 7.53. The molecule has 1 aromatic rings. The summed E-state index contributed by atoms with van der Waals surface area (Å²) in [5.74, 6) is 0. The van der Waals surface area contributed by atoms with Crippen molar-refractivity contribution < 1.29 is 13.6 Å². The number of benzene rings is 1. The van der Waals surface area contributed by atoms with Gasteiger partial charge >= 0.3 is 7.60 Å². The van der Waals surface area contributed by atoms with Crippen LogP contribution in [-0.2, 0) is 19.2 Å². The first-order chi connectivity index (χ1) is 9.49. The highest BCUT2D eigenvalue weighted by Gasteiger charge is 2.37. The molecule has 1 aromatic carbocycles. The zero-order valence-corrected chi connectivity index (χ0v) is 13.6. The van der Waals surface area contributed by atoms with Gasteiger partial charge in [-0.3, -0.25) is 4.57 Å². The van der Waals surface area contributed by atoms with E-state index < -0.39 is 13.1 Å². The molecule has 114 valence electrons. The molecule has 0 bridgehead atoms. The van der Waals surface area contributed by atoms with E-state index in [4.69, 9.17) is 14.8 Å². The van der Waals surface area contributed by atoms with Gasteiger partial charge in [0.25, 0.3) is 0 Å². The van der Waals surface area contributed by atoms with Crippen molar-refractivity contribution in [2.45, 2.75) is 39.2 Å². The first-order valence-electron chi connectivity index (χ1n) is 7.22. The van der Waals surface area contributed by atoms with E-state index in [1.165, 1.54) is 0 Å². The number of rotatable bonds is 9. The predicted octanol–water partition coefficient (Wildman–Crippen LogP) is 3.91. The quantitative estimate of drug-likeness (QED) is 0.702. The van der Waals surface area contributed by atoms with Crippen LogP contribution in [0.4, 0.5) is 0 Å². The van der Waals surface area contributed by atoms with Crippen molar-refractivity contribution in [3.8, 4) is 0 Å². The summed E-state index contributed by atoms with van der Waals surface area (Å²) in [6.45, 7) is 6.40. The molecular weight excluding hydrogens is 273 g/mol. The highest BCUT2D eigenvalue weighted by Crippen LogP contribution is 2.52. The number of hydrogen-bond donors (Lipinski definition) is 1. The molecule has 0 amide bonds. The van der Waals surface area contributed by atoms with Crippen LogP contribution in [0.2, 0.25) is 0 Å². The van der Waals surface area contributed by atoms with Gasteiger partial charge < -0.3 is 14.8 Å². The van der Waals surface area contributed by atoms with Crippen LogP contribution in [0.25, 0.3) is 0 Å². The summed E-state index contributed by atoms with van der Waals surface area (Å²) in [4.78, 5) is 0. The molecule has 4 nitrogen and oxygen atoms in total. The summed E-state index contributed by atoms with van der Waals surface area (Å²) in [6.07, 6.45) is 1.85. The van der Waals surface area contributed by atoms with Gasteiger partial charge in [-0.25, -0.2) is 0 Å². The van der Waals surface area contributed by atoms with Crippen LogP contribution in [0.1, 0.15) is 39.2 Å². The molecule has 1 rings (SSSR count). The lowest BCUT2D eigenvalue weighted by atomic mass is 9.88. The van der Waals surface area contributed by atoms with E-state index in [1.807, 2.05) is 44.2 Å². The van der Waals surface area contributed by atoms with Crippen LogP contribution in [-0.4, -0.2) is 19.4 Å². The molecular formula is C15H26NO3P. The minimum absolute atomic E-state index is 0.208. The number of nitrogens with two attached hydrogens (primary N) is 1. The molecule has 0 aliphatic carbocycles. The van der Waals surface area contributed by atoms with Crippen LogP contribution in [0.5, 0.6) is 0 Å². The van der Waals surface area contributed by atoms with Crippen LogP contribution >= 0.6 is 7.60 Å². The Hall–Kier alpha value is -0.670. The Kier molecular flexibility index (Phi) is 6.90. The maximum absolute atomic E-state index is 12.8. The molecule has 0 saturated carbocycles. The van der Waals surface area contributed by atoms with Gasteiger partial charge in [-0.1, -0.05) is 43.7 Å². The topological polar surface area (TPSA) is 61.6 Å². The van der Waals surface area contributed by atoms with Gasteiger partial charge in [0.2, 0.25) is 0 Å². The molecule has 0 aliphatic heterocycles. The Morgan fingerprint density at radius 3 is 2.10 bits per heavy atom. The first kappa shape index (κ1) is 17.4. The highest BCUT2D eigenvalue weighted by atomic mass is 31.2. The van der Waals surface area contributed by atoms with E-state index in [0.717, 1.165) is 18.4 Å². The second-order valence-corrected chi connectivity index (χ2v) is 6.93. The molecule has 20 heavy (non-hydrogen) atoms. The van der Waals surface area contributed by atoms with Gasteiger partial charge in [-0.15, -0.1) is 0 Å². The van der Waals surface area contributed by atoms with Gasteiger partial charge in [0, 0.05) is 0 Å². The maximum atomic E-state index is 12.8. The molecule has 0 fully saturated rings. The fourth-order valence-electron chi connectivity index (χ4n) is 2.40. The second-order valence-electron chi connectivity index (χ2n) is 4.88. The lowest BCUT2D eigenvalue weighted by Gasteiger charge is -2.32. The van der Waals surface area contributed by atoms with Crippen molar-refractivity contribution in [3.63, 3.8) is 0 Å². The van der Waals surface area contributed by atoms with E-state index >= 15 is 0 Å². The van der Waals surface area contributed by atoms with Gasteiger partial charge in [0.05, 0.1) is 24.9 Å². The fraction of sp³-hybridized carbons (Fsp3) is 0.600. The van der Waals surface area contributed by atoms with Gasteiger partial charge in [-0.2, -0.15) is 0 Å². The molecule has 1 unspecified atom stereocenters. The largest absolute Gasteiger partial charge is 0.332 e. The van der Waals surface area contributed by atoms with Gasteiger partial charge in [0.15, 0.2) is 0 Å². The standard InChI is InChI=1S/C15H26NO3P/c1-4-12-15(16,14-10-8-7-9-11-14)13-20(17,18-5-2)19-6-3/h7-11H,4-6,12-13,16H2,1-3H3. The Morgan fingerprint density at radius 1 is 1.10 bits per heavy atom. The number of hydrogen-bond acceptors (Lipinski definition) is 4. The summed E-state index contributed by atoms with van der Waals surface area (Å²) < 4.78 is 23.5. The molecule has 5 heteroatoms. The van der Waals surface area contributed by atoms with Crippen molar-refractivity contribution in [1.82, 2.24) is 0 Å². The molecule has 0 spiro atoms. The van der Waals surface area contributed by atoms with Crippen LogP contribution in [0, 0.1) is 0 Å². The predicted molar refractivity (Wildman–Crippen MR) is 82.9 cm³/mol. The SMILES string of the molecule is CCCC(N)(CP(=O)(OCC)OCC)c1ccccc1. The Morgan fingerprint density at radius 2 is 1.65 bits per heavy atom. The minimum Gasteiger partial charge on any atom is -0.321 e. The molecule has 1 atom stereocenters. The average Bonchev–Trinajstić information content (AvgIpc) is 2.40. The molecule has 0 aliphatic rings. The van der Waals surface area contributed by atoms with Crippen molar-refractivity contribution >= 4 is 7.60 Å². The Bertz CT molecular complexity index is 428. The third kappa shape index (κ3) is 4.71. The second kappa shape index (κ2) is 7.94. The lowest BCUT2D eigenvalue weighted by molar-refractivity contribution is 0.212. The van der Waals surface area contributed by atoms with Crippen molar-refractivity contribution in [3.05, 3.63) is 35.9 Å². The van der Waals surface area contributed by atoms with E-state index in [9.17, 15) is 4.57 Å². The van der Waals surface area contributed by atoms with E-state index in [-0.39, 0.29) is 6.16 Å². The van der Waals surface area contributed by atoms with Crippen LogP contribution in [0.3, 0.4) is 0 Å². The summed E-state index contributed by atoms with van der Waals surface area (Å²) >= 11 is 0.